The van der Waals surface area contributed by atoms with Gasteiger partial charge < -0.3 is 5.73 Å². The van der Waals surface area contributed by atoms with Crippen LogP contribution in [0.3, 0.4) is 0 Å². The second-order valence-electron chi connectivity index (χ2n) is 4.20. The van der Waals surface area contributed by atoms with Crippen LogP contribution in [0.1, 0.15) is 44.0 Å². The molecule has 0 aliphatic rings. The molecule has 0 aliphatic heterocycles. The van der Waals surface area contributed by atoms with E-state index >= 15 is 0 Å². The lowest BCUT2D eigenvalue weighted by molar-refractivity contribution is 0.761. The van der Waals surface area contributed by atoms with Crippen LogP contribution in [0.25, 0.3) is 5.65 Å². The SMILES string of the molecule is CC(C)c1cc2ncc(C(C)N)cn2n1. The summed E-state index contributed by atoms with van der Waals surface area (Å²) in [6.07, 6.45) is 3.75. The Bertz CT molecular complexity index is 464. The van der Waals surface area contributed by atoms with Gasteiger partial charge in [-0.15, -0.1) is 0 Å². The van der Waals surface area contributed by atoms with Crippen LogP contribution in [0.15, 0.2) is 18.5 Å². The molecule has 15 heavy (non-hydrogen) atoms. The number of nitrogens with zero attached hydrogens (tertiary/aromatic N) is 3. The molecule has 1 atom stereocenters. The van der Waals surface area contributed by atoms with Crippen molar-refractivity contribution in [3.05, 3.63) is 29.7 Å². The molecule has 4 heteroatoms. The van der Waals surface area contributed by atoms with Crippen LogP contribution < -0.4 is 5.73 Å². The van der Waals surface area contributed by atoms with Gasteiger partial charge in [-0.3, -0.25) is 0 Å². The minimum atomic E-state index is -0.00593. The molecular formula is C11H16N4. The summed E-state index contributed by atoms with van der Waals surface area (Å²) in [7, 11) is 0. The Hall–Kier alpha value is -1.42. The maximum atomic E-state index is 5.79. The molecule has 2 aromatic rings. The minimum absolute atomic E-state index is 0.00593. The van der Waals surface area contributed by atoms with Crippen LogP contribution in [-0.2, 0) is 0 Å². The van der Waals surface area contributed by atoms with Gasteiger partial charge in [-0.1, -0.05) is 13.8 Å². The van der Waals surface area contributed by atoms with Crippen LogP contribution >= 0.6 is 0 Å². The molecular weight excluding hydrogens is 188 g/mol. The number of rotatable bonds is 2. The number of hydrogen-bond acceptors (Lipinski definition) is 3. The van der Waals surface area contributed by atoms with Gasteiger partial charge in [-0.25, -0.2) is 9.50 Å². The smallest absolute Gasteiger partial charge is 0.155 e. The maximum absolute atomic E-state index is 5.79. The lowest BCUT2D eigenvalue weighted by Gasteiger charge is -2.04. The third kappa shape index (κ3) is 1.85. The highest BCUT2D eigenvalue weighted by atomic mass is 15.2. The quantitative estimate of drug-likeness (QED) is 0.812. The fourth-order valence-electron chi connectivity index (χ4n) is 1.43. The monoisotopic (exact) mass is 204 g/mol. The van der Waals surface area contributed by atoms with E-state index in [9.17, 15) is 0 Å². The minimum Gasteiger partial charge on any atom is -0.324 e. The van der Waals surface area contributed by atoms with Crippen molar-refractivity contribution < 1.29 is 0 Å². The van der Waals surface area contributed by atoms with Crippen LogP contribution in [0.2, 0.25) is 0 Å². The first-order valence-corrected chi connectivity index (χ1v) is 5.18. The van der Waals surface area contributed by atoms with Crippen LogP contribution in [0, 0.1) is 0 Å². The summed E-state index contributed by atoms with van der Waals surface area (Å²) in [6.45, 7) is 6.18. The molecule has 0 amide bonds. The molecule has 80 valence electrons. The van der Waals surface area contributed by atoms with E-state index in [-0.39, 0.29) is 6.04 Å². The zero-order chi connectivity index (χ0) is 11.0. The van der Waals surface area contributed by atoms with E-state index in [2.05, 4.69) is 23.9 Å². The van der Waals surface area contributed by atoms with E-state index < -0.39 is 0 Å². The van der Waals surface area contributed by atoms with Gasteiger partial charge in [-0.05, 0) is 12.8 Å². The molecule has 4 nitrogen and oxygen atoms in total. The number of hydrogen-bond donors (Lipinski definition) is 1. The Morgan fingerprint density at radius 1 is 1.33 bits per heavy atom. The van der Waals surface area contributed by atoms with Crippen molar-refractivity contribution in [1.82, 2.24) is 14.6 Å². The van der Waals surface area contributed by atoms with E-state index in [1.165, 1.54) is 0 Å². The summed E-state index contributed by atoms with van der Waals surface area (Å²) in [5, 5.41) is 4.45. The second kappa shape index (κ2) is 3.62. The zero-order valence-electron chi connectivity index (χ0n) is 9.31. The van der Waals surface area contributed by atoms with E-state index in [4.69, 9.17) is 5.73 Å². The average Bonchev–Trinajstić information content (AvgIpc) is 2.59. The Balaban J connectivity index is 2.52. The molecule has 2 heterocycles. The lowest BCUT2D eigenvalue weighted by Crippen LogP contribution is -2.07. The maximum Gasteiger partial charge on any atom is 0.155 e. The van der Waals surface area contributed by atoms with Gasteiger partial charge in [-0.2, -0.15) is 5.10 Å². The van der Waals surface area contributed by atoms with Crippen molar-refractivity contribution in [3.8, 4) is 0 Å². The molecule has 0 fully saturated rings. The lowest BCUT2D eigenvalue weighted by atomic mass is 10.1. The van der Waals surface area contributed by atoms with E-state index in [1.54, 1.807) is 4.52 Å². The summed E-state index contributed by atoms with van der Waals surface area (Å²) >= 11 is 0. The molecule has 2 rings (SSSR count). The van der Waals surface area contributed by atoms with Gasteiger partial charge >= 0.3 is 0 Å². The normalized spacial score (nSPS) is 13.7. The molecule has 0 aliphatic carbocycles. The van der Waals surface area contributed by atoms with E-state index in [0.717, 1.165) is 16.9 Å². The molecule has 0 radical (unpaired) electrons. The first-order chi connectivity index (χ1) is 7.08. The largest absolute Gasteiger partial charge is 0.324 e. The van der Waals surface area contributed by atoms with Crippen molar-refractivity contribution >= 4 is 5.65 Å². The average molecular weight is 204 g/mol. The standard InChI is InChI=1S/C11H16N4/c1-7(2)10-4-11-13-5-9(8(3)12)6-15(11)14-10/h4-8H,12H2,1-3H3. The molecule has 0 spiro atoms. The molecule has 2 N–H and O–H groups in total. The second-order valence-corrected chi connectivity index (χ2v) is 4.20. The highest BCUT2D eigenvalue weighted by Crippen LogP contribution is 2.15. The predicted octanol–water partition coefficient (Wildman–Crippen LogP) is 1.87. The Labute approximate surface area is 89.1 Å². The van der Waals surface area contributed by atoms with E-state index in [0.29, 0.717) is 5.92 Å². The van der Waals surface area contributed by atoms with Crippen molar-refractivity contribution in [3.63, 3.8) is 0 Å². The summed E-state index contributed by atoms with van der Waals surface area (Å²) in [5.41, 5.74) is 8.73. The van der Waals surface area contributed by atoms with Gasteiger partial charge in [0.1, 0.15) is 0 Å². The highest BCUT2D eigenvalue weighted by molar-refractivity contribution is 5.40. The third-order valence-electron chi connectivity index (χ3n) is 2.47. The predicted molar refractivity (Wildman–Crippen MR) is 59.7 cm³/mol. The van der Waals surface area contributed by atoms with Gasteiger partial charge in [0.15, 0.2) is 5.65 Å². The Morgan fingerprint density at radius 2 is 2.07 bits per heavy atom. The Kier molecular flexibility index (Phi) is 2.44. The molecule has 0 bridgehead atoms. The number of nitrogens with two attached hydrogens (primary N) is 1. The summed E-state index contributed by atoms with van der Waals surface area (Å²) in [6, 6.07) is 2.00. The fraction of sp³-hybridized carbons (Fsp3) is 0.455. The van der Waals surface area contributed by atoms with Gasteiger partial charge in [0, 0.05) is 30.1 Å². The molecule has 0 saturated heterocycles. The topological polar surface area (TPSA) is 56.2 Å². The molecule has 2 aromatic heterocycles. The highest BCUT2D eigenvalue weighted by Gasteiger charge is 2.07. The molecule has 1 unspecified atom stereocenters. The summed E-state index contributed by atoms with van der Waals surface area (Å²) in [4.78, 5) is 4.33. The van der Waals surface area contributed by atoms with Gasteiger partial charge in [0.05, 0.1) is 5.69 Å². The molecule has 0 saturated carbocycles. The number of aromatic nitrogens is 3. The van der Waals surface area contributed by atoms with Crippen LogP contribution in [0.4, 0.5) is 0 Å². The number of fused-ring (bicyclic) bond motifs is 1. The van der Waals surface area contributed by atoms with Crippen molar-refractivity contribution in [1.29, 1.82) is 0 Å². The van der Waals surface area contributed by atoms with Gasteiger partial charge in [0.2, 0.25) is 0 Å². The fourth-order valence-corrected chi connectivity index (χ4v) is 1.43. The first-order valence-electron chi connectivity index (χ1n) is 5.18. The molecule has 0 aromatic carbocycles. The Morgan fingerprint density at radius 3 is 2.67 bits per heavy atom. The van der Waals surface area contributed by atoms with Crippen LogP contribution in [0.5, 0.6) is 0 Å². The van der Waals surface area contributed by atoms with Crippen LogP contribution in [-0.4, -0.2) is 14.6 Å². The van der Waals surface area contributed by atoms with Crippen molar-refractivity contribution in [2.45, 2.75) is 32.7 Å². The van der Waals surface area contributed by atoms with Crippen molar-refractivity contribution in [2.24, 2.45) is 5.73 Å². The summed E-state index contributed by atoms with van der Waals surface area (Å²) in [5.74, 6) is 0.422. The van der Waals surface area contributed by atoms with Crippen molar-refractivity contribution in [2.75, 3.05) is 0 Å². The zero-order valence-corrected chi connectivity index (χ0v) is 9.31. The third-order valence-corrected chi connectivity index (χ3v) is 2.47. The van der Waals surface area contributed by atoms with E-state index in [1.807, 2.05) is 25.4 Å². The summed E-state index contributed by atoms with van der Waals surface area (Å²) < 4.78 is 1.80. The first kappa shape index (κ1) is 10.1. The van der Waals surface area contributed by atoms with Gasteiger partial charge in [0.25, 0.3) is 0 Å².